The second kappa shape index (κ2) is 7.45. The summed E-state index contributed by atoms with van der Waals surface area (Å²) in [6, 6.07) is 22.0. The van der Waals surface area contributed by atoms with Crippen molar-refractivity contribution in [2.24, 2.45) is 0 Å². The van der Waals surface area contributed by atoms with Gasteiger partial charge in [-0.05, 0) is 24.3 Å². The van der Waals surface area contributed by atoms with E-state index >= 15 is 0 Å². The molecule has 4 nitrogen and oxygen atoms in total. The first kappa shape index (κ1) is 20.2. The second-order valence-electron chi connectivity index (χ2n) is 5.76. The molecular formula is C19H14F3O4PS. The van der Waals surface area contributed by atoms with E-state index in [2.05, 4.69) is 4.18 Å². The lowest BCUT2D eigenvalue weighted by Crippen LogP contribution is -2.28. The highest BCUT2D eigenvalue weighted by Gasteiger charge is 2.48. The van der Waals surface area contributed by atoms with Gasteiger partial charge in [-0.3, -0.25) is 0 Å². The van der Waals surface area contributed by atoms with Gasteiger partial charge in [0, 0.05) is 15.9 Å². The van der Waals surface area contributed by atoms with Crippen molar-refractivity contribution in [2.75, 3.05) is 0 Å². The molecule has 0 bridgehead atoms. The standard InChI is InChI=1S/C19H14F3O4PS/c20-19(21,22)28(24,25)26-15-11-13-18(14-12-15)27(23,16-7-3-1-4-8-16)17-9-5-2-6-10-17/h1-14H. The zero-order chi connectivity index (χ0) is 20.4. The molecule has 0 radical (unpaired) electrons. The van der Waals surface area contributed by atoms with Gasteiger partial charge in [0.1, 0.15) is 5.75 Å². The SMILES string of the molecule is O=P(c1ccccc1)(c1ccccc1)c1ccc(OS(=O)(=O)C(F)(F)F)cc1. The second-order valence-corrected chi connectivity index (χ2v) is 10.1. The summed E-state index contributed by atoms with van der Waals surface area (Å²) in [5.41, 5.74) is -5.53. The van der Waals surface area contributed by atoms with Gasteiger partial charge in [0.25, 0.3) is 0 Å². The highest BCUT2D eigenvalue weighted by atomic mass is 32.2. The quantitative estimate of drug-likeness (QED) is 0.356. The van der Waals surface area contributed by atoms with Crippen LogP contribution in [0.1, 0.15) is 0 Å². The van der Waals surface area contributed by atoms with E-state index in [1.54, 1.807) is 60.7 Å². The third kappa shape index (κ3) is 3.84. The highest BCUT2D eigenvalue weighted by Crippen LogP contribution is 2.42. The van der Waals surface area contributed by atoms with E-state index in [0.29, 0.717) is 15.9 Å². The van der Waals surface area contributed by atoms with Gasteiger partial charge in [0.05, 0.1) is 0 Å². The summed E-state index contributed by atoms with van der Waals surface area (Å²) in [4.78, 5) is 0. The van der Waals surface area contributed by atoms with Gasteiger partial charge < -0.3 is 8.75 Å². The van der Waals surface area contributed by atoms with E-state index < -0.39 is 28.5 Å². The highest BCUT2D eigenvalue weighted by molar-refractivity contribution is 7.88. The van der Waals surface area contributed by atoms with Crippen LogP contribution in [0.4, 0.5) is 13.2 Å². The summed E-state index contributed by atoms with van der Waals surface area (Å²) in [7, 11) is -9.08. The van der Waals surface area contributed by atoms with Crippen LogP contribution in [-0.4, -0.2) is 13.9 Å². The maximum atomic E-state index is 14.0. The molecule has 9 heteroatoms. The summed E-state index contributed by atoms with van der Waals surface area (Å²) in [6.45, 7) is 0. The zero-order valence-corrected chi connectivity index (χ0v) is 15.9. The predicted octanol–water partition coefficient (Wildman–Crippen LogP) is 3.55. The number of benzene rings is 3. The fraction of sp³-hybridized carbons (Fsp3) is 0.0526. The minimum atomic E-state index is -5.77. The van der Waals surface area contributed by atoms with Gasteiger partial charge in [-0.25, -0.2) is 0 Å². The summed E-state index contributed by atoms with van der Waals surface area (Å²) in [5, 5.41) is 1.41. The summed E-state index contributed by atoms with van der Waals surface area (Å²) < 4.78 is 77.8. The molecule has 3 rings (SSSR count). The zero-order valence-electron chi connectivity index (χ0n) is 14.2. The van der Waals surface area contributed by atoms with Crippen molar-refractivity contribution in [3.63, 3.8) is 0 Å². The molecule has 0 spiro atoms. The largest absolute Gasteiger partial charge is 0.534 e. The van der Waals surface area contributed by atoms with Crippen molar-refractivity contribution in [2.45, 2.75) is 5.51 Å². The molecule has 0 amide bonds. The van der Waals surface area contributed by atoms with Gasteiger partial charge in [-0.15, -0.1) is 0 Å². The van der Waals surface area contributed by atoms with E-state index in [-0.39, 0.29) is 0 Å². The molecule has 0 saturated heterocycles. The van der Waals surface area contributed by atoms with Crippen LogP contribution in [-0.2, 0) is 14.7 Å². The van der Waals surface area contributed by atoms with Crippen LogP contribution in [0.5, 0.6) is 5.75 Å². The molecule has 0 aliphatic rings. The molecule has 0 aromatic heterocycles. The summed E-state index contributed by atoms with van der Waals surface area (Å²) >= 11 is 0. The molecular weight excluding hydrogens is 412 g/mol. The average Bonchev–Trinajstić information content (AvgIpc) is 2.68. The van der Waals surface area contributed by atoms with Crippen LogP contribution in [0.2, 0.25) is 0 Å². The Morgan fingerprint density at radius 3 is 1.46 bits per heavy atom. The fourth-order valence-corrected chi connectivity index (χ4v) is 5.71. The lowest BCUT2D eigenvalue weighted by atomic mass is 10.3. The van der Waals surface area contributed by atoms with Gasteiger partial charge in [0.2, 0.25) is 0 Å². The molecule has 0 saturated carbocycles. The van der Waals surface area contributed by atoms with E-state index in [4.69, 9.17) is 0 Å². The monoisotopic (exact) mass is 426 g/mol. The van der Waals surface area contributed by atoms with Gasteiger partial charge >= 0.3 is 15.6 Å². The topological polar surface area (TPSA) is 60.4 Å². The Morgan fingerprint density at radius 1 is 0.679 bits per heavy atom. The van der Waals surface area contributed by atoms with Crippen molar-refractivity contribution in [3.8, 4) is 5.75 Å². The molecule has 0 aliphatic heterocycles. The Labute approximate surface area is 160 Å². The molecule has 28 heavy (non-hydrogen) atoms. The van der Waals surface area contributed by atoms with Gasteiger partial charge in [0.15, 0.2) is 7.14 Å². The lowest BCUT2D eigenvalue weighted by molar-refractivity contribution is -0.0500. The average molecular weight is 426 g/mol. The van der Waals surface area contributed by atoms with E-state index in [0.717, 1.165) is 12.1 Å². The van der Waals surface area contributed by atoms with Crippen LogP contribution in [0.3, 0.4) is 0 Å². The lowest BCUT2D eigenvalue weighted by Gasteiger charge is -2.20. The maximum Gasteiger partial charge on any atom is 0.534 e. The Bertz CT molecular complexity index is 1050. The minimum Gasteiger partial charge on any atom is -0.376 e. The van der Waals surface area contributed by atoms with Crippen molar-refractivity contribution in [3.05, 3.63) is 84.9 Å². The Hall–Kier alpha value is -2.57. The van der Waals surface area contributed by atoms with Crippen molar-refractivity contribution < 1.29 is 30.3 Å². The van der Waals surface area contributed by atoms with Crippen LogP contribution in [0.25, 0.3) is 0 Å². The van der Waals surface area contributed by atoms with E-state index in [9.17, 15) is 26.2 Å². The predicted molar refractivity (Wildman–Crippen MR) is 101 cm³/mol. The first-order chi connectivity index (χ1) is 13.1. The Kier molecular flexibility index (Phi) is 5.37. The normalized spacial score (nSPS) is 12.5. The van der Waals surface area contributed by atoms with E-state index in [1.165, 1.54) is 12.1 Å². The first-order valence-electron chi connectivity index (χ1n) is 7.97. The number of rotatable bonds is 5. The third-order valence-electron chi connectivity index (χ3n) is 3.93. The molecule has 0 N–H and O–H groups in total. The van der Waals surface area contributed by atoms with Crippen LogP contribution >= 0.6 is 7.14 Å². The molecule has 3 aromatic rings. The maximum absolute atomic E-state index is 14.0. The number of hydrogen-bond acceptors (Lipinski definition) is 4. The number of alkyl halides is 3. The van der Waals surface area contributed by atoms with Crippen LogP contribution in [0, 0.1) is 0 Å². The van der Waals surface area contributed by atoms with E-state index in [1.807, 2.05) is 0 Å². The van der Waals surface area contributed by atoms with Gasteiger partial charge in [-0.2, -0.15) is 21.6 Å². The summed E-state index contributed by atoms with van der Waals surface area (Å²) in [5.74, 6) is -0.520. The molecule has 0 aliphatic carbocycles. The Morgan fingerprint density at radius 2 is 1.07 bits per heavy atom. The molecule has 0 atom stereocenters. The minimum absolute atomic E-state index is 0.335. The number of halogens is 3. The van der Waals surface area contributed by atoms with Crippen LogP contribution < -0.4 is 20.1 Å². The fourth-order valence-electron chi connectivity index (χ4n) is 2.61. The third-order valence-corrected chi connectivity index (χ3v) is 7.98. The molecule has 146 valence electrons. The molecule has 0 heterocycles. The number of hydrogen-bond donors (Lipinski definition) is 0. The molecule has 0 unspecified atom stereocenters. The van der Waals surface area contributed by atoms with Crippen molar-refractivity contribution in [1.29, 1.82) is 0 Å². The van der Waals surface area contributed by atoms with Crippen molar-refractivity contribution >= 4 is 33.2 Å². The first-order valence-corrected chi connectivity index (χ1v) is 11.1. The van der Waals surface area contributed by atoms with Gasteiger partial charge in [-0.1, -0.05) is 60.7 Å². The molecule has 3 aromatic carbocycles. The Balaban J connectivity index is 2.05. The van der Waals surface area contributed by atoms with Crippen LogP contribution in [0.15, 0.2) is 84.9 Å². The van der Waals surface area contributed by atoms with Crippen molar-refractivity contribution in [1.82, 2.24) is 0 Å². The molecule has 0 fully saturated rings. The smallest absolute Gasteiger partial charge is 0.376 e. The summed E-state index contributed by atoms with van der Waals surface area (Å²) in [6.07, 6.45) is 0.